The molecule has 1 fully saturated rings. The van der Waals surface area contributed by atoms with E-state index in [4.69, 9.17) is 33.2 Å². The second kappa shape index (κ2) is 13.4. The third-order valence-corrected chi connectivity index (χ3v) is 8.67. The minimum atomic E-state index is 0.610. The average molecular weight is 605 g/mol. The van der Waals surface area contributed by atoms with Crippen LogP contribution in [0.1, 0.15) is 24.2 Å². The van der Waals surface area contributed by atoms with Gasteiger partial charge in [0.15, 0.2) is 0 Å². The molecule has 0 radical (unpaired) electrons. The third-order valence-electron chi connectivity index (χ3n) is 8.23. The largest absolute Gasteiger partial charge is 0.370 e. The summed E-state index contributed by atoms with van der Waals surface area (Å²) in [6, 6.07) is 21.7. The van der Waals surface area contributed by atoms with Gasteiger partial charge in [-0.25, -0.2) is 9.97 Å². The van der Waals surface area contributed by atoms with E-state index in [0.717, 1.165) is 104 Å². The Kier molecular flexibility index (Phi) is 9.18. The summed E-state index contributed by atoms with van der Waals surface area (Å²) in [6.45, 7) is 6.05. The second-order valence-electron chi connectivity index (χ2n) is 11.2. The molecular formula is C33H39Cl2N7. The molecule has 3 heterocycles. The minimum absolute atomic E-state index is 0.610. The van der Waals surface area contributed by atoms with Gasteiger partial charge in [-0.1, -0.05) is 12.1 Å². The summed E-state index contributed by atoms with van der Waals surface area (Å²) in [5.41, 5.74) is 8.95. The number of rotatable bonds is 12. The van der Waals surface area contributed by atoms with Crippen LogP contribution in [0.5, 0.6) is 0 Å². The Morgan fingerprint density at radius 3 is 2.31 bits per heavy atom. The summed E-state index contributed by atoms with van der Waals surface area (Å²) >= 11 is 11.9. The van der Waals surface area contributed by atoms with E-state index in [1.54, 1.807) is 0 Å². The maximum atomic E-state index is 6.01. The van der Waals surface area contributed by atoms with Gasteiger partial charge in [-0.15, -0.1) is 23.2 Å². The van der Waals surface area contributed by atoms with Crippen LogP contribution < -0.4 is 9.80 Å². The van der Waals surface area contributed by atoms with Gasteiger partial charge in [-0.3, -0.25) is 0 Å². The molecule has 5 aromatic rings. The standard InChI is InChI=1S/C33H39Cl2N7/c1-40-18-20-42(21-19-40)27-11-13-29-31(23-27)39-33(38-29)25-8-12-28-30(22-25)37-32(36-28)5-2-4-24-6-9-26(10-7-24)41(17-15-35)16-3-14-34/h6-13,22-23H,2-5,14-21H2,1H3,(H,36,37)(H,38,39). The lowest BCUT2D eigenvalue weighted by Crippen LogP contribution is -2.44. The molecular weight excluding hydrogens is 565 g/mol. The van der Waals surface area contributed by atoms with E-state index < -0.39 is 0 Å². The minimum Gasteiger partial charge on any atom is -0.370 e. The van der Waals surface area contributed by atoms with Crippen molar-refractivity contribution in [3.63, 3.8) is 0 Å². The second-order valence-corrected chi connectivity index (χ2v) is 12.0. The molecule has 42 heavy (non-hydrogen) atoms. The zero-order chi connectivity index (χ0) is 28.9. The van der Waals surface area contributed by atoms with Crippen molar-refractivity contribution in [1.82, 2.24) is 24.8 Å². The van der Waals surface area contributed by atoms with E-state index in [9.17, 15) is 0 Å². The van der Waals surface area contributed by atoms with Gasteiger partial charge in [0.25, 0.3) is 0 Å². The van der Waals surface area contributed by atoms with E-state index in [-0.39, 0.29) is 0 Å². The van der Waals surface area contributed by atoms with Crippen molar-refractivity contribution in [3.8, 4) is 11.4 Å². The van der Waals surface area contributed by atoms with E-state index >= 15 is 0 Å². The van der Waals surface area contributed by atoms with Crippen LogP contribution in [0, 0.1) is 0 Å². The van der Waals surface area contributed by atoms with Crippen molar-refractivity contribution in [1.29, 1.82) is 0 Å². The number of aromatic nitrogens is 4. The first kappa shape index (κ1) is 28.8. The molecule has 9 heteroatoms. The highest BCUT2D eigenvalue weighted by Gasteiger charge is 2.16. The number of piperazine rings is 1. The van der Waals surface area contributed by atoms with Crippen LogP contribution in [-0.2, 0) is 12.8 Å². The number of benzene rings is 3. The summed E-state index contributed by atoms with van der Waals surface area (Å²) in [5, 5.41) is 0. The Morgan fingerprint density at radius 1 is 0.762 bits per heavy atom. The van der Waals surface area contributed by atoms with Crippen LogP contribution in [0.15, 0.2) is 60.7 Å². The van der Waals surface area contributed by atoms with Crippen LogP contribution in [0.3, 0.4) is 0 Å². The van der Waals surface area contributed by atoms with E-state index in [1.807, 2.05) is 0 Å². The highest BCUT2D eigenvalue weighted by atomic mass is 35.5. The van der Waals surface area contributed by atoms with Gasteiger partial charge < -0.3 is 24.7 Å². The molecule has 3 aromatic carbocycles. The monoisotopic (exact) mass is 603 g/mol. The number of aryl methyl sites for hydroxylation is 2. The normalized spacial score (nSPS) is 14.3. The van der Waals surface area contributed by atoms with Gasteiger partial charge in [0, 0.05) is 74.4 Å². The summed E-state index contributed by atoms with van der Waals surface area (Å²) in [6.07, 6.45) is 3.90. The lowest BCUT2D eigenvalue weighted by molar-refractivity contribution is 0.313. The molecule has 2 aromatic heterocycles. The number of imidazole rings is 2. The van der Waals surface area contributed by atoms with Crippen molar-refractivity contribution < 1.29 is 0 Å². The zero-order valence-corrected chi connectivity index (χ0v) is 25.8. The molecule has 0 aliphatic carbocycles. The topological polar surface area (TPSA) is 67.1 Å². The molecule has 1 aliphatic heterocycles. The molecule has 0 bridgehead atoms. The van der Waals surface area contributed by atoms with Gasteiger partial charge in [-0.2, -0.15) is 0 Å². The van der Waals surface area contributed by atoms with Crippen molar-refractivity contribution in [3.05, 3.63) is 72.1 Å². The fourth-order valence-corrected chi connectivity index (χ4v) is 6.10. The van der Waals surface area contributed by atoms with E-state index in [1.165, 1.54) is 16.9 Å². The molecule has 0 unspecified atom stereocenters. The van der Waals surface area contributed by atoms with Gasteiger partial charge in [0.1, 0.15) is 11.6 Å². The van der Waals surface area contributed by atoms with Crippen molar-refractivity contribution in [2.75, 3.05) is 67.9 Å². The lowest BCUT2D eigenvalue weighted by Gasteiger charge is -2.34. The zero-order valence-electron chi connectivity index (χ0n) is 24.3. The molecule has 0 spiro atoms. The number of nitrogens with zero attached hydrogens (tertiary/aromatic N) is 5. The highest BCUT2D eigenvalue weighted by molar-refractivity contribution is 6.18. The quantitative estimate of drug-likeness (QED) is 0.155. The van der Waals surface area contributed by atoms with Gasteiger partial charge in [-0.05, 0) is 80.4 Å². The number of hydrogen-bond donors (Lipinski definition) is 2. The number of likely N-dealkylation sites (N-methyl/N-ethyl adjacent to an activating group) is 1. The van der Waals surface area contributed by atoms with Crippen LogP contribution in [0.4, 0.5) is 11.4 Å². The molecule has 220 valence electrons. The van der Waals surface area contributed by atoms with Crippen LogP contribution in [0.2, 0.25) is 0 Å². The van der Waals surface area contributed by atoms with Gasteiger partial charge >= 0.3 is 0 Å². The number of fused-ring (bicyclic) bond motifs is 2. The number of halogens is 2. The molecule has 1 saturated heterocycles. The first-order valence-corrected chi connectivity index (χ1v) is 16.0. The number of H-pyrrole nitrogens is 2. The summed E-state index contributed by atoms with van der Waals surface area (Å²) < 4.78 is 0. The number of hydrogen-bond acceptors (Lipinski definition) is 5. The Bertz CT molecular complexity index is 1600. The summed E-state index contributed by atoms with van der Waals surface area (Å²) in [7, 11) is 2.19. The number of aromatic amines is 2. The predicted molar refractivity (Wildman–Crippen MR) is 178 cm³/mol. The Balaban J connectivity index is 1.08. The smallest absolute Gasteiger partial charge is 0.138 e. The molecule has 2 N–H and O–H groups in total. The maximum Gasteiger partial charge on any atom is 0.138 e. The summed E-state index contributed by atoms with van der Waals surface area (Å²) in [4.78, 5) is 24.0. The molecule has 0 saturated carbocycles. The van der Waals surface area contributed by atoms with Crippen LogP contribution in [0.25, 0.3) is 33.5 Å². The Labute approximate surface area is 257 Å². The van der Waals surface area contributed by atoms with Crippen molar-refractivity contribution in [2.45, 2.75) is 25.7 Å². The molecule has 0 amide bonds. The molecule has 1 aliphatic rings. The highest BCUT2D eigenvalue weighted by Crippen LogP contribution is 2.27. The molecule has 7 nitrogen and oxygen atoms in total. The first-order chi connectivity index (χ1) is 20.6. The third kappa shape index (κ3) is 6.69. The fourth-order valence-electron chi connectivity index (χ4n) is 5.78. The van der Waals surface area contributed by atoms with E-state index in [0.29, 0.717) is 11.8 Å². The Hall–Kier alpha value is -3.26. The number of anilines is 2. The average Bonchev–Trinajstić information content (AvgIpc) is 3.63. The predicted octanol–water partition coefficient (Wildman–Crippen LogP) is 6.71. The molecule has 0 atom stereocenters. The van der Waals surface area contributed by atoms with Gasteiger partial charge in [0.2, 0.25) is 0 Å². The maximum absolute atomic E-state index is 6.01. The SMILES string of the molecule is CN1CCN(c2ccc3nc(-c4ccc5nc(CCCc6ccc(N(CCCl)CCCCl)cc6)[nH]c5c4)[nH]c3c2)CC1. The van der Waals surface area contributed by atoms with Crippen molar-refractivity contribution in [2.24, 2.45) is 0 Å². The lowest BCUT2D eigenvalue weighted by atomic mass is 10.1. The van der Waals surface area contributed by atoms with Gasteiger partial charge in [0.05, 0.1) is 22.1 Å². The van der Waals surface area contributed by atoms with Crippen LogP contribution >= 0.6 is 23.2 Å². The molecule has 6 rings (SSSR count). The Morgan fingerprint density at radius 2 is 1.52 bits per heavy atom. The fraction of sp³-hybridized carbons (Fsp3) is 0.394. The number of nitrogens with one attached hydrogen (secondary N) is 2. The van der Waals surface area contributed by atoms with Crippen molar-refractivity contribution >= 4 is 56.6 Å². The number of alkyl halides is 2. The van der Waals surface area contributed by atoms with E-state index in [2.05, 4.69) is 92.4 Å². The van der Waals surface area contributed by atoms with Crippen LogP contribution in [-0.4, -0.2) is 82.9 Å². The first-order valence-electron chi connectivity index (χ1n) is 15.0. The summed E-state index contributed by atoms with van der Waals surface area (Å²) in [5.74, 6) is 3.18.